The van der Waals surface area contributed by atoms with Crippen molar-refractivity contribution in [1.29, 1.82) is 0 Å². The van der Waals surface area contributed by atoms with Crippen LogP contribution in [0.2, 0.25) is 0 Å². The molecule has 0 radical (unpaired) electrons. The van der Waals surface area contributed by atoms with Crippen molar-refractivity contribution < 1.29 is 17.1 Å². The van der Waals surface area contributed by atoms with Crippen LogP contribution >= 0.6 is 0 Å². The molecular weight excluding hydrogens is 100 g/mol. The second-order valence-electron chi connectivity index (χ2n) is 1.45. The molecule has 1 aliphatic carbocycles. The highest BCUT2D eigenvalue weighted by Gasteiger charge is 2.16. The van der Waals surface area contributed by atoms with Crippen molar-refractivity contribution in [2.24, 2.45) is 5.89 Å². The van der Waals surface area contributed by atoms with Crippen LogP contribution in [0, 0.1) is 5.89 Å². The highest BCUT2D eigenvalue weighted by atomic mass is 16.1. The molecule has 0 aromatic carbocycles. The van der Waals surface area contributed by atoms with Gasteiger partial charge in [0.25, 0.3) is 0 Å². The van der Waals surface area contributed by atoms with Crippen molar-refractivity contribution in [3.05, 3.63) is 0 Å². The molecule has 0 aliphatic heterocycles. The summed E-state index contributed by atoms with van der Waals surface area (Å²) in [5.74, 6) is -4.28. The van der Waals surface area contributed by atoms with Crippen LogP contribution in [0.4, 0.5) is 0 Å². The van der Waals surface area contributed by atoms with Crippen LogP contribution in [0.5, 0.6) is 0 Å². The summed E-state index contributed by atoms with van der Waals surface area (Å²) in [6.07, 6.45) is -13.0. The van der Waals surface area contributed by atoms with Crippen molar-refractivity contribution in [3.63, 3.8) is 0 Å². The first-order valence-corrected chi connectivity index (χ1v) is 2.20. The molecule has 1 heteroatoms. The summed E-state index contributed by atoms with van der Waals surface area (Å²) in [5.41, 5.74) is 0. The molecule has 0 spiro atoms. The first-order chi connectivity index (χ1) is 7.15. The molecule has 0 N–H and O–H groups in total. The van der Waals surface area contributed by atoms with E-state index in [1.165, 1.54) is 0 Å². The zero-order chi connectivity index (χ0) is 14.1. The number of Topliss-reactive ketones (excluding diaryl/α,β-unsaturated/α-hetero) is 1. The van der Waals surface area contributed by atoms with Gasteiger partial charge in [-0.2, -0.15) is 0 Å². The number of carbonyl (C=O) groups excluding carboxylic acids is 1. The lowest BCUT2D eigenvalue weighted by Gasteiger charge is -2.14. The third kappa shape index (κ3) is 1.09. The predicted molar refractivity (Wildman–Crippen MR) is 32.6 cm³/mol. The molecule has 1 saturated carbocycles. The SMILES string of the molecule is [2H]C1([2H])C(=O)C([2H])(C)C([2H])([2H])C([2H])([2H])C1([2H])[2H]. The molecule has 1 atom stereocenters. The zero-order valence-corrected chi connectivity index (χ0v) is 4.41. The van der Waals surface area contributed by atoms with Gasteiger partial charge in [0.1, 0.15) is 5.78 Å². The van der Waals surface area contributed by atoms with Gasteiger partial charge in [0.2, 0.25) is 0 Å². The number of rotatable bonds is 0. The zero-order valence-electron chi connectivity index (χ0n) is 13.4. The molecule has 0 saturated heterocycles. The molecule has 0 aromatic rings. The van der Waals surface area contributed by atoms with Crippen LogP contribution in [-0.2, 0) is 4.79 Å². The van der Waals surface area contributed by atoms with E-state index in [1.807, 2.05) is 0 Å². The van der Waals surface area contributed by atoms with Gasteiger partial charge in [-0.25, -0.2) is 0 Å². The minimum atomic E-state index is -3.35. The number of carbonyl (C=O) groups is 1. The Morgan fingerprint density at radius 2 is 2.62 bits per heavy atom. The Balaban J connectivity index is 3.62. The molecule has 1 unspecified atom stereocenters. The third-order valence-electron chi connectivity index (χ3n) is 0.829. The largest absolute Gasteiger partial charge is 0.299 e. The minimum absolute atomic E-state index is 0.764. The summed E-state index contributed by atoms with van der Waals surface area (Å²) in [6.45, 7) is 0.764. The predicted octanol–water partition coefficient (Wildman–Crippen LogP) is 1.77. The molecule has 1 aliphatic rings. The molecule has 0 aromatic heterocycles. The first-order valence-electron chi connectivity index (χ1n) is 6.70. The molecule has 1 nitrogen and oxygen atoms in total. The maximum Gasteiger partial charge on any atom is 0.135 e. The van der Waals surface area contributed by atoms with Crippen LogP contribution in [0.1, 0.15) is 44.8 Å². The van der Waals surface area contributed by atoms with Gasteiger partial charge in [0.05, 0.1) is 0 Å². The lowest BCUT2D eigenvalue weighted by molar-refractivity contribution is -0.123. The summed E-state index contributed by atoms with van der Waals surface area (Å²) in [5, 5.41) is 0. The van der Waals surface area contributed by atoms with Gasteiger partial charge in [-0.15, -0.1) is 0 Å². The van der Waals surface area contributed by atoms with Crippen LogP contribution in [-0.4, -0.2) is 5.78 Å². The Morgan fingerprint density at radius 3 is 3.38 bits per heavy atom. The minimum Gasteiger partial charge on any atom is -0.299 e. The fourth-order valence-corrected chi connectivity index (χ4v) is 0.364. The number of hydrogen-bond acceptors (Lipinski definition) is 1. The van der Waals surface area contributed by atoms with Crippen LogP contribution in [0.25, 0.3) is 0 Å². The summed E-state index contributed by atoms with van der Waals surface area (Å²) >= 11 is 0. The monoisotopic (exact) mass is 121 g/mol. The summed E-state index contributed by atoms with van der Waals surface area (Å²) < 4.78 is 66.8. The van der Waals surface area contributed by atoms with Gasteiger partial charge in [-0.3, -0.25) is 4.79 Å². The Hall–Kier alpha value is -0.330. The molecule has 0 amide bonds. The van der Waals surface area contributed by atoms with E-state index in [0.29, 0.717) is 0 Å². The maximum absolute atomic E-state index is 11.7. The summed E-state index contributed by atoms with van der Waals surface area (Å²) in [7, 11) is 0. The van der Waals surface area contributed by atoms with Crippen LogP contribution < -0.4 is 0 Å². The van der Waals surface area contributed by atoms with E-state index in [4.69, 9.17) is 12.3 Å². The van der Waals surface area contributed by atoms with Crippen LogP contribution in [0.15, 0.2) is 0 Å². The van der Waals surface area contributed by atoms with Crippen LogP contribution in [0.3, 0.4) is 0 Å². The molecular formula is C7H12O. The average molecular weight is 121 g/mol. The van der Waals surface area contributed by atoms with E-state index in [-0.39, 0.29) is 0 Å². The average Bonchev–Trinajstić information content (AvgIpc) is 2.13. The summed E-state index contributed by atoms with van der Waals surface area (Å²) in [4.78, 5) is 11.7. The molecule has 0 heterocycles. The van der Waals surface area contributed by atoms with Gasteiger partial charge in [0, 0.05) is 24.6 Å². The van der Waals surface area contributed by atoms with Gasteiger partial charge < -0.3 is 0 Å². The maximum atomic E-state index is 11.7. The van der Waals surface area contributed by atoms with Gasteiger partial charge in [0.15, 0.2) is 0 Å². The molecule has 1 rings (SSSR count). The van der Waals surface area contributed by atoms with Crippen molar-refractivity contribution in [1.82, 2.24) is 0 Å². The number of ketones is 1. The highest BCUT2D eigenvalue weighted by Crippen LogP contribution is 2.18. The fraction of sp³-hybridized carbons (Fsp3) is 0.857. The van der Waals surface area contributed by atoms with E-state index in [2.05, 4.69) is 0 Å². The number of hydrogen-bond donors (Lipinski definition) is 0. The quantitative estimate of drug-likeness (QED) is 0.477. The van der Waals surface area contributed by atoms with Crippen molar-refractivity contribution in [2.45, 2.75) is 32.4 Å². The molecule has 46 valence electrons. The Labute approximate surface area is 62.7 Å². The lowest BCUT2D eigenvalue weighted by Crippen LogP contribution is -2.14. The third-order valence-corrected chi connectivity index (χ3v) is 0.829. The fourth-order valence-electron chi connectivity index (χ4n) is 0.364. The Bertz CT molecular complexity index is 338. The van der Waals surface area contributed by atoms with E-state index >= 15 is 0 Å². The smallest absolute Gasteiger partial charge is 0.135 e. The first kappa shape index (κ1) is 1.23. The van der Waals surface area contributed by atoms with Crippen molar-refractivity contribution in [2.75, 3.05) is 0 Å². The van der Waals surface area contributed by atoms with E-state index < -0.39 is 37.2 Å². The topological polar surface area (TPSA) is 17.1 Å². The molecule has 8 heavy (non-hydrogen) atoms. The van der Waals surface area contributed by atoms with Gasteiger partial charge in [-0.05, 0) is 12.7 Å². The molecule has 0 bridgehead atoms. The van der Waals surface area contributed by atoms with E-state index in [9.17, 15) is 4.79 Å². The summed E-state index contributed by atoms with van der Waals surface area (Å²) in [6, 6.07) is 0. The highest BCUT2D eigenvalue weighted by molar-refractivity contribution is 5.81. The van der Waals surface area contributed by atoms with Crippen molar-refractivity contribution in [3.8, 4) is 0 Å². The van der Waals surface area contributed by atoms with Crippen molar-refractivity contribution >= 4 is 5.78 Å². The molecule has 1 fully saturated rings. The Morgan fingerprint density at radius 1 is 1.88 bits per heavy atom. The Kier molecular flexibility index (Phi) is 0.352. The standard InChI is InChI=1S/C7H12O/c1-6-4-2-3-5-7(6)8/h6H,2-5H2,1H3/i2D2,3D2,4D2,5D2,6D. The second-order valence-corrected chi connectivity index (χ2v) is 1.45. The van der Waals surface area contributed by atoms with Gasteiger partial charge in [-0.1, -0.05) is 13.3 Å². The second kappa shape index (κ2) is 2.29. The van der Waals surface area contributed by atoms with E-state index in [1.54, 1.807) is 0 Å². The van der Waals surface area contributed by atoms with E-state index in [0.717, 1.165) is 6.92 Å². The normalized spacial score (nSPS) is 81.6. The lowest BCUT2D eigenvalue weighted by atomic mass is 9.90. The van der Waals surface area contributed by atoms with Gasteiger partial charge >= 0.3 is 0 Å².